The lowest BCUT2D eigenvalue weighted by Crippen LogP contribution is -2.21. The van der Waals surface area contributed by atoms with Crippen molar-refractivity contribution >= 4 is 11.8 Å². The summed E-state index contributed by atoms with van der Waals surface area (Å²) < 4.78 is 5.44. The molecule has 0 aliphatic carbocycles. The quantitative estimate of drug-likeness (QED) is 0.772. The van der Waals surface area contributed by atoms with Crippen LogP contribution in [0.25, 0.3) is 0 Å². The van der Waals surface area contributed by atoms with Gasteiger partial charge in [0.1, 0.15) is 5.78 Å². The van der Waals surface area contributed by atoms with Gasteiger partial charge in [-0.25, -0.2) is 0 Å². The van der Waals surface area contributed by atoms with E-state index in [1.165, 1.54) is 0 Å². The van der Waals surface area contributed by atoms with E-state index in [1.54, 1.807) is 6.07 Å². The van der Waals surface area contributed by atoms with E-state index in [4.69, 9.17) is 15.1 Å². The molecular formula is C14H15NO4. The average molecular weight is 261 g/mol. The highest BCUT2D eigenvalue weighted by molar-refractivity contribution is 5.81. The number of ketones is 1. The van der Waals surface area contributed by atoms with E-state index in [1.807, 2.05) is 30.3 Å². The van der Waals surface area contributed by atoms with Crippen molar-refractivity contribution in [3.8, 4) is 6.07 Å². The fraction of sp³-hybridized carbons (Fsp3) is 0.357. The average Bonchev–Trinajstić information content (AvgIpc) is 2.37. The van der Waals surface area contributed by atoms with Gasteiger partial charge in [-0.1, -0.05) is 30.3 Å². The van der Waals surface area contributed by atoms with Gasteiger partial charge in [0.25, 0.3) is 0 Å². The SMILES string of the molecule is N#CCC(=O)C[C@H](CC(=O)O)OCc1ccccc1. The van der Waals surface area contributed by atoms with Crippen LogP contribution in [-0.4, -0.2) is 23.0 Å². The summed E-state index contributed by atoms with van der Waals surface area (Å²) in [6, 6.07) is 11.0. The van der Waals surface area contributed by atoms with Crippen LogP contribution in [0.15, 0.2) is 30.3 Å². The van der Waals surface area contributed by atoms with Gasteiger partial charge in [0.2, 0.25) is 0 Å². The summed E-state index contributed by atoms with van der Waals surface area (Å²) in [5.74, 6) is -1.33. The van der Waals surface area contributed by atoms with Gasteiger partial charge in [-0.15, -0.1) is 0 Å². The van der Waals surface area contributed by atoms with Crippen molar-refractivity contribution in [2.24, 2.45) is 0 Å². The lowest BCUT2D eigenvalue weighted by molar-refractivity contribution is -0.141. The fourth-order valence-electron chi connectivity index (χ4n) is 1.59. The monoisotopic (exact) mass is 261 g/mol. The van der Waals surface area contributed by atoms with E-state index >= 15 is 0 Å². The van der Waals surface area contributed by atoms with E-state index in [2.05, 4.69) is 0 Å². The summed E-state index contributed by atoms with van der Waals surface area (Å²) in [5, 5.41) is 17.2. The van der Waals surface area contributed by atoms with Crippen molar-refractivity contribution in [2.75, 3.05) is 0 Å². The second-order valence-electron chi connectivity index (χ2n) is 4.09. The Balaban J connectivity index is 2.52. The van der Waals surface area contributed by atoms with Crippen molar-refractivity contribution in [2.45, 2.75) is 32.0 Å². The lowest BCUT2D eigenvalue weighted by Gasteiger charge is -2.14. The Kier molecular flexibility index (Phi) is 6.27. The van der Waals surface area contributed by atoms with Gasteiger partial charge in [0.05, 0.1) is 31.6 Å². The minimum Gasteiger partial charge on any atom is -0.481 e. The molecule has 100 valence electrons. The topological polar surface area (TPSA) is 87.4 Å². The van der Waals surface area contributed by atoms with Crippen LogP contribution in [0.1, 0.15) is 24.8 Å². The number of ether oxygens (including phenoxy) is 1. The number of aliphatic carboxylic acids is 1. The fourth-order valence-corrected chi connectivity index (χ4v) is 1.59. The molecule has 5 nitrogen and oxygen atoms in total. The maximum Gasteiger partial charge on any atom is 0.305 e. The van der Waals surface area contributed by atoms with Gasteiger partial charge in [-0.3, -0.25) is 9.59 Å². The lowest BCUT2D eigenvalue weighted by atomic mass is 10.1. The predicted octanol–water partition coefficient (Wildman–Crippen LogP) is 1.92. The summed E-state index contributed by atoms with van der Waals surface area (Å²) >= 11 is 0. The number of carboxylic acid groups (broad SMARTS) is 1. The third-order valence-corrected chi connectivity index (χ3v) is 2.46. The Bertz CT molecular complexity index is 464. The molecule has 0 unspecified atom stereocenters. The number of hydrogen-bond acceptors (Lipinski definition) is 4. The van der Waals surface area contributed by atoms with E-state index in [0.717, 1.165) is 5.56 Å². The molecule has 1 aromatic carbocycles. The first-order valence-corrected chi connectivity index (χ1v) is 5.87. The van der Waals surface area contributed by atoms with Crippen LogP contribution >= 0.6 is 0 Å². The van der Waals surface area contributed by atoms with E-state index in [-0.39, 0.29) is 31.7 Å². The first-order valence-electron chi connectivity index (χ1n) is 5.87. The van der Waals surface area contributed by atoms with Crippen molar-refractivity contribution in [1.82, 2.24) is 0 Å². The molecule has 1 aromatic rings. The number of carbonyl (C=O) groups excluding carboxylic acids is 1. The molecular weight excluding hydrogens is 246 g/mol. The third-order valence-electron chi connectivity index (χ3n) is 2.46. The Morgan fingerprint density at radius 1 is 1.26 bits per heavy atom. The molecule has 0 amide bonds. The molecule has 0 fully saturated rings. The summed E-state index contributed by atoms with van der Waals surface area (Å²) in [7, 11) is 0. The second kappa shape index (κ2) is 8.01. The highest BCUT2D eigenvalue weighted by atomic mass is 16.5. The third kappa shape index (κ3) is 6.34. The largest absolute Gasteiger partial charge is 0.481 e. The van der Waals surface area contributed by atoms with Gasteiger partial charge in [-0.2, -0.15) is 5.26 Å². The predicted molar refractivity (Wildman–Crippen MR) is 67.1 cm³/mol. The van der Waals surface area contributed by atoms with Gasteiger partial charge >= 0.3 is 5.97 Å². The maximum atomic E-state index is 11.4. The molecule has 0 aromatic heterocycles. The summed E-state index contributed by atoms with van der Waals surface area (Å²) in [6.07, 6.45) is -1.21. The molecule has 1 atom stereocenters. The molecule has 0 spiro atoms. The molecule has 0 saturated heterocycles. The molecule has 0 radical (unpaired) electrons. The van der Waals surface area contributed by atoms with Crippen LogP contribution in [0, 0.1) is 11.3 Å². The minimum absolute atomic E-state index is 0.0489. The van der Waals surface area contributed by atoms with Crippen LogP contribution in [0.4, 0.5) is 0 Å². The zero-order chi connectivity index (χ0) is 14.1. The summed E-state index contributed by atoms with van der Waals surface area (Å²) in [5.41, 5.74) is 0.908. The molecule has 1 N–H and O–H groups in total. The van der Waals surface area contributed by atoms with Crippen molar-refractivity contribution in [3.05, 3.63) is 35.9 Å². The van der Waals surface area contributed by atoms with Gasteiger partial charge in [-0.05, 0) is 5.56 Å². The Hall–Kier alpha value is -2.19. The zero-order valence-corrected chi connectivity index (χ0v) is 10.4. The van der Waals surface area contributed by atoms with Gasteiger partial charge in [0, 0.05) is 6.42 Å². The van der Waals surface area contributed by atoms with Crippen LogP contribution in [-0.2, 0) is 20.9 Å². The molecule has 0 heterocycles. The smallest absolute Gasteiger partial charge is 0.305 e. The standard InChI is InChI=1S/C14H15NO4/c15-7-6-12(16)8-13(9-14(17)18)19-10-11-4-2-1-3-5-11/h1-5,13H,6,8-10H2,(H,17,18)/t13-/m1/s1. The first-order chi connectivity index (χ1) is 9.11. The van der Waals surface area contributed by atoms with Crippen LogP contribution in [0.2, 0.25) is 0 Å². The number of rotatable bonds is 8. The number of Topliss-reactive ketones (excluding diaryl/α,β-unsaturated/α-hetero) is 1. The molecule has 19 heavy (non-hydrogen) atoms. The van der Waals surface area contributed by atoms with Crippen molar-refractivity contribution in [3.63, 3.8) is 0 Å². The summed E-state index contributed by atoms with van der Waals surface area (Å²) in [6.45, 7) is 0.249. The number of carbonyl (C=O) groups is 2. The van der Waals surface area contributed by atoms with Crippen molar-refractivity contribution < 1.29 is 19.4 Å². The Labute approximate surface area is 111 Å². The highest BCUT2D eigenvalue weighted by Crippen LogP contribution is 2.10. The van der Waals surface area contributed by atoms with Gasteiger partial charge < -0.3 is 9.84 Å². The number of carboxylic acids is 1. The highest BCUT2D eigenvalue weighted by Gasteiger charge is 2.17. The minimum atomic E-state index is -1.03. The number of nitriles is 1. The second-order valence-corrected chi connectivity index (χ2v) is 4.09. The molecule has 0 aliphatic heterocycles. The molecule has 0 aliphatic rings. The van der Waals surface area contributed by atoms with Gasteiger partial charge in [0.15, 0.2) is 0 Å². The van der Waals surface area contributed by atoms with Crippen LogP contribution in [0.3, 0.4) is 0 Å². The van der Waals surface area contributed by atoms with E-state index < -0.39 is 12.1 Å². The first kappa shape index (κ1) is 14.9. The maximum absolute atomic E-state index is 11.4. The van der Waals surface area contributed by atoms with E-state index in [9.17, 15) is 9.59 Å². The van der Waals surface area contributed by atoms with Crippen LogP contribution < -0.4 is 0 Å². The molecule has 1 rings (SSSR count). The molecule has 0 saturated carbocycles. The number of hydrogen-bond donors (Lipinski definition) is 1. The molecule has 5 heteroatoms. The summed E-state index contributed by atoms with van der Waals surface area (Å²) in [4.78, 5) is 22.1. The normalized spacial score (nSPS) is 11.5. The number of nitrogens with zero attached hydrogens (tertiary/aromatic N) is 1. The van der Waals surface area contributed by atoms with Crippen molar-refractivity contribution in [1.29, 1.82) is 5.26 Å². The molecule has 0 bridgehead atoms. The number of benzene rings is 1. The zero-order valence-electron chi connectivity index (χ0n) is 10.4. The Morgan fingerprint density at radius 3 is 2.53 bits per heavy atom. The van der Waals surface area contributed by atoms with E-state index in [0.29, 0.717) is 0 Å². The van der Waals surface area contributed by atoms with Crippen LogP contribution in [0.5, 0.6) is 0 Å². The Morgan fingerprint density at radius 2 is 1.95 bits per heavy atom.